The number of hydrogen-bond acceptors (Lipinski definition) is 4. The predicted octanol–water partition coefficient (Wildman–Crippen LogP) is 3.93. The van der Waals surface area contributed by atoms with E-state index in [0.29, 0.717) is 23.1 Å². The van der Waals surface area contributed by atoms with E-state index >= 15 is 0 Å². The molecule has 0 saturated carbocycles. The maximum Gasteiger partial charge on any atom is 0.262 e. The molecule has 0 heterocycles. The van der Waals surface area contributed by atoms with Crippen molar-refractivity contribution in [1.82, 2.24) is 5.43 Å². The van der Waals surface area contributed by atoms with Crippen LogP contribution in [0.3, 0.4) is 0 Å². The van der Waals surface area contributed by atoms with Gasteiger partial charge in [0.1, 0.15) is 0 Å². The molecule has 0 aromatic heterocycles. The molecule has 0 aliphatic carbocycles. The van der Waals surface area contributed by atoms with Gasteiger partial charge in [-0.1, -0.05) is 29.8 Å². The number of hydrogen-bond donors (Lipinski definition) is 1. The summed E-state index contributed by atoms with van der Waals surface area (Å²) in [6.07, 6.45) is 3.10. The number of nitrogens with zero attached hydrogens (tertiary/aromatic N) is 1. The summed E-state index contributed by atoms with van der Waals surface area (Å²) in [4.78, 5) is 12.1. The van der Waals surface area contributed by atoms with Gasteiger partial charge in [-0.15, -0.1) is 0 Å². The fourth-order valence-corrected chi connectivity index (χ4v) is 2.48. The highest BCUT2D eigenvalue weighted by atomic mass is 35.5. The minimum absolute atomic E-state index is 0.254. The summed E-state index contributed by atoms with van der Waals surface area (Å²) in [5.41, 5.74) is 4.38. The van der Waals surface area contributed by atoms with Gasteiger partial charge >= 0.3 is 0 Å². The molecule has 0 fully saturated rings. The average Bonchev–Trinajstić information content (AvgIpc) is 2.62. The molecular formula is C19H21ClN2O3. The monoisotopic (exact) mass is 360 g/mol. The topological polar surface area (TPSA) is 50.8 Å². The van der Waals surface area contributed by atoms with E-state index in [4.69, 9.17) is 21.1 Å². The van der Waals surface area contributed by atoms with Crippen molar-refractivity contribution in [2.45, 2.75) is 6.92 Å². The van der Waals surface area contributed by atoms with Crippen LogP contribution in [0.4, 0.5) is 5.69 Å². The van der Waals surface area contributed by atoms with E-state index in [1.807, 2.05) is 37.3 Å². The molecule has 25 heavy (non-hydrogen) atoms. The lowest BCUT2D eigenvalue weighted by Gasteiger charge is -2.19. The molecule has 0 atom stereocenters. The highest BCUT2D eigenvalue weighted by Crippen LogP contribution is 2.36. The van der Waals surface area contributed by atoms with Crippen LogP contribution in [0.1, 0.15) is 12.5 Å². The van der Waals surface area contributed by atoms with E-state index in [1.165, 1.54) is 6.08 Å². The van der Waals surface area contributed by atoms with E-state index in [-0.39, 0.29) is 5.91 Å². The van der Waals surface area contributed by atoms with Crippen LogP contribution in [0.25, 0.3) is 6.08 Å². The van der Waals surface area contributed by atoms with E-state index in [1.54, 1.807) is 37.4 Å². The zero-order valence-corrected chi connectivity index (χ0v) is 15.2. The van der Waals surface area contributed by atoms with E-state index in [2.05, 4.69) is 5.43 Å². The quantitative estimate of drug-likeness (QED) is 0.600. The molecule has 0 bridgehead atoms. The van der Waals surface area contributed by atoms with Gasteiger partial charge in [0.05, 0.1) is 24.4 Å². The molecular weight excluding hydrogens is 340 g/mol. The lowest BCUT2D eigenvalue weighted by atomic mass is 10.2. The van der Waals surface area contributed by atoms with Crippen molar-refractivity contribution >= 4 is 29.3 Å². The molecule has 132 valence electrons. The van der Waals surface area contributed by atoms with E-state index in [0.717, 1.165) is 11.3 Å². The molecule has 5 nitrogen and oxygen atoms in total. The van der Waals surface area contributed by atoms with Gasteiger partial charge in [-0.2, -0.15) is 0 Å². The van der Waals surface area contributed by atoms with Crippen molar-refractivity contribution < 1.29 is 14.3 Å². The molecule has 2 aromatic carbocycles. The van der Waals surface area contributed by atoms with Crippen molar-refractivity contribution in [1.29, 1.82) is 0 Å². The summed E-state index contributed by atoms with van der Waals surface area (Å²) in [5.74, 6) is 0.767. The van der Waals surface area contributed by atoms with Gasteiger partial charge in [0.25, 0.3) is 5.91 Å². The summed E-state index contributed by atoms with van der Waals surface area (Å²) in [5, 5.41) is 2.08. The first-order chi connectivity index (χ1) is 12.0. The Kier molecular flexibility index (Phi) is 6.71. The first-order valence-corrected chi connectivity index (χ1v) is 8.20. The second-order valence-electron chi connectivity index (χ2n) is 5.17. The first-order valence-electron chi connectivity index (χ1n) is 7.83. The predicted molar refractivity (Wildman–Crippen MR) is 101 cm³/mol. The van der Waals surface area contributed by atoms with E-state index in [9.17, 15) is 4.79 Å². The molecule has 0 spiro atoms. The van der Waals surface area contributed by atoms with Crippen molar-refractivity contribution in [3.8, 4) is 11.5 Å². The molecule has 2 aromatic rings. The van der Waals surface area contributed by atoms with Gasteiger partial charge in [-0.05, 0) is 42.8 Å². The largest absolute Gasteiger partial charge is 0.493 e. The van der Waals surface area contributed by atoms with Crippen LogP contribution in [0.2, 0.25) is 5.02 Å². The van der Waals surface area contributed by atoms with Gasteiger partial charge in [0.15, 0.2) is 11.5 Å². The third-order valence-electron chi connectivity index (χ3n) is 3.39. The van der Waals surface area contributed by atoms with E-state index < -0.39 is 0 Å². The van der Waals surface area contributed by atoms with Crippen LogP contribution in [0.5, 0.6) is 11.5 Å². The molecule has 0 saturated heterocycles. The minimum Gasteiger partial charge on any atom is -0.493 e. The zero-order valence-electron chi connectivity index (χ0n) is 14.5. The van der Waals surface area contributed by atoms with Crippen LogP contribution in [-0.4, -0.2) is 26.7 Å². The second kappa shape index (κ2) is 8.99. The molecule has 0 unspecified atom stereocenters. The first kappa shape index (κ1) is 18.7. The molecule has 0 aliphatic rings. The fraction of sp³-hybridized carbons (Fsp3) is 0.211. The minimum atomic E-state index is -0.254. The number of carbonyl (C=O) groups excluding carboxylic acids is 1. The number of nitrogens with one attached hydrogen (secondary N) is 1. The third-order valence-corrected chi connectivity index (χ3v) is 3.67. The highest BCUT2D eigenvalue weighted by Gasteiger charge is 2.11. The number of carbonyl (C=O) groups is 1. The van der Waals surface area contributed by atoms with Crippen LogP contribution < -0.4 is 19.9 Å². The lowest BCUT2D eigenvalue weighted by molar-refractivity contribution is -0.116. The van der Waals surface area contributed by atoms with Gasteiger partial charge in [-0.3, -0.25) is 15.2 Å². The summed E-state index contributed by atoms with van der Waals surface area (Å²) < 4.78 is 10.8. The highest BCUT2D eigenvalue weighted by molar-refractivity contribution is 6.32. The zero-order chi connectivity index (χ0) is 18.2. The fourth-order valence-electron chi connectivity index (χ4n) is 2.21. The second-order valence-corrected chi connectivity index (χ2v) is 5.58. The summed E-state index contributed by atoms with van der Waals surface area (Å²) in [6, 6.07) is 13.0. The Morgan fingerprint density at radius 3 is 2.64 bits per heavy atom. The molecule has 2 rings (SSSR count). The van der Waals surface area contributed by atoms with Crippen molar-refractivity contribution in [3.05, 3.63) is 59.1 Å². The Bertz CT molecular complexity index is 748. The Balaban J connectivity index is 2.08. The van der Waals surface area contributed by atoms with Gasteiger partial charge in [0.2, 0.25) is 0 Å². The average molecular weight is 361 g/mol. The summed E-state index contributed by atoms with van der Waals surface area (Å²) in [7, 11) is 3.32. The number of rotatable bonds is 7. The number of hydrazine groups is 1. The summed E-state index contributed by atoms with van der Waals surface area (Å²) in [6.45, 7) is 2.36. The normalized spacial score (nSPS) is 10.6. The number of anilines is 1. The Morgan fingerprint density at radius 2 is 2.00 bits per heavy atom. The molecule has 1 N–H and O–H groups in total. The molecule has 0 aliphatic heterocycles. The third kappa shape index (κ3) is 5.16. The molecule has 0 radical (unpaired) electrons. The van der Waals surface area contributed by atoms with Crippen LogP contribution in [0, 0.1) is 0 Å². The SMILES string of the molecule is CCOc1c(Cl)cc(/C=C/C(=O)NN(C)c2ccccc2)cc1OC. The number of ether oxygens (including phenoxy) is 2. The van der Waals surface area contributed by atoms with Gasteiger partial charge in [-0.25, -0.2) is 0 Å². The lowest BCUT2D eigenvalue weighted by Crippen LogP contribution is -2.38. The van der Waals surface area contributed by atoms with Crippen LogP contribution in [-0.2, 0) is 4.79 Å². The van der Waals surface area contributed by atoms with Gasteiger partial charge < -0.3 is 9.47 Å². The molecule has 6 heteroatoms. The Morgan fingerprint density at radius 1 is 1.28 bits per heavy atom. The van der Waals surface area contributed by atoms with Crippen molar-refractivity contribution in [3.63, 3.8) is 0 Å². The smallest absolute Gasteiger partial charge is 0.262 e. The van der Waals surface area contributed by atoms with Crippen LogP contribution >= 0.6 is 11.6 Å². The standard InChI is InChI=1S/C19H21ClN2O3/c1-4-25-19-16(20)12-14(13-17(19)24-3)10-11-18(23)21-22(2)15-8-6-5-7-9-15/h5-13H,4H2,1-3H3,(H,21,23)/b11-10+. The number of methoxy groups -OCH3 is 1. The van der Waals surface area contributed by atoms with Crippen LogP contribution in [0.15, 0.2) is 48.5 Å². The number of amides is 1. The Labute approximate surface area is 152 Å². The molecule has 1 amide bonds. The number of halogens is 1. The van der Waals surface area contributed by atoms with Gasteiger partial charge in [0, 0.05) is 13.1 Å². The van der Waals surface area contributed by atoms with Crippen molar-refractivity contribution in [2.75, 3.05) is 25.8 Å². The Hall–Kier alpha value is -2.66. The maximum atomic E-state index is 12.1. The summed E-state index contributed by atoms with van der Waals surface area (Å²) >= 11 is 6.22. The number of para-hydroxylation sites is 1. The van der Waals surface area contributed by atoms with Crippen molar-refractivity contribution in [2.24, 2.45) is 0 Å². The number of benzene rings is 2. The maximum absolute atomic E-state index is 12.1.